The van der Waals surface area contributed by atoms with Crippen LogP contribution in [0.15, 0.2) is 34.9 Å². The second kappa shape index (κ2) is 5.69. The monoisotopic (exact) mass is 258 g/mol. The second-order valence-electron chi connectivity index (χ2n) is 4.95. The third-order valence-electron chi connectivity index (χ3n) is 2.90. The highest BCUT2D eigenvalue weighted by Gasteiger charge is 2.08. The summed E-state index contributed by atoms with van der Waals surface area (Å²) in [6.45, 7) is 6.10. The number of carbonyl (C=O) groups excluding carboxylic acids is 1. The molecule has 0 aliphatic heterocycles. The van der Waals surface area contributed by atoms with Crippen molar-refractivity contribution in [2.75, 3.05) is 5.32 Å². The van der Waals surface area contributed by atoms with Crippen LogP contribution in [0.4, 0.5) is 5.88 Å². The Morgan fingerprint density at radius 1 is 1.32 bits per heavy atom. The van der Waals surface area contributed by atoms with Crippen LogP contribution >= 0.6 is 0 Å². The maximum absolute atomic E-state index is 11.8. The van der Waals surface area contributed by atoms with Gasteiger partial charge in [-0.05, 0) is 24.0 Å². The van der Waals surface area contributed by atoms with Gasteiger partial charge in [-0.15, -0.1) is 0 Å². The number of aromatic nitrogens is 1. The van der Waals surface area contributed by atoms with E-state index in [1.54, 1.807) is 6.07 Å². The van der Waals surface area contributed by atoms with Gasteiger partial charge in [-0.25, -0.2) is 0 Å². The number of hydrogen-bond acceptors (Lipinski definition) is 3. The molecule has 1 amide bonds. The van der Waals surface area contributed by atoms with Crippen LogP contribution < -0.4 is 5.32 Å². The maximum Gasteiger partial charge on any atom is 0.231 e. The minimum Gasteiger partial charge on any atom is -0.338 e. The van der Waals surface area contributed by atoms with Gasteiger partial charge in [0.1, 0.15) is 0 Å². The third-order valence-corrected chi connectivity index (χ3v) is 2.90. The number of anilines is 1. The number of benzene rings is 1. The molecule has 0 saturated heterocycles. The first-order chi connectivity index (χ1) is 9.04. The van der Waals surface area contributed by atoms with Crippen molar-refractivity contribution < 1.29 is 9.32 Å². The summed E-state index contributed by atoms with van der Waals surface area (Å²) < 4.78 is 4.94. The number of nitrogens with one attached hydrogen (secondary N) is 1. The van der Waals surface area contributed by atoms with Gasteiger partial charge in [-0.2, -0.15) is 0 Å². The van der Waals surface area contributed by atoms with Gasteiger partial charge in [-0.3, -0.25) is 10.1 Å². The van der Waals surface area contributed by atoms with Crippen molar-refractivity contribution >= 4 is 11.8 Å². The molecule has 4 nitrogen and oxygen atoms in total. The van der Waals surface area contributed by atoms with Crippen LogP contribution in [-0.2, 0) is 11.2 Å². The zero-order chi connectivity index (χ0) is 13.8. The molecule has 1 aromatic heterocycles. The first-order valence-corrected chi connectivity index (χ1v) is 6.36. The summed E-state index contributed by atoms with van der Waals surface area (Å²) in [5.74, 6) is 0.787. The fraction of sp³-hybridized carbons (Fsp3) is 0.333. The van der Waals surface area contributed by atoms with Crippen molar-refractivity contribution in [2.45, 2.75) is 33.1 Å². The van der Waals surface area contributed by atoms with Gasteiger partial charge >= 0.3 is 0 Å². The van der Waals surface area contributed by atoms with Crippen LogP contribution in [0.5, 0.6) is 0 Å². The SMILES string of the molecule is Cc1cc(NC(=O)Cc2ccc(C(C)C)cc2)on1. The van der Waals surface area contributed by atoms with E-state index in [0.29, 0.717) is 18.2 Å². The van der Waals surface area contributed by atoms with Crippen LogP contribution in [0.25, 0.3) is 0 Å². The number of nitrogens with zero attached hydrogens (tertiary/aromatic N) is 1. The predicted octanol–water partition coefficient (Wildman–Crippen LogP) is 3.29. The Balaban J connectivity index is 1.95. The Morgan fingerprint density at radius 3 is 2.53 bits per heavy atom. The summed E-state index contributed by atoms with van der Waals surface area (Å²) in [5.41, 5.74) is 3.00. The molecule has 0 aliphatic carbocycles. The molecule has 0 spiro atoms. The van der Waals surface area contributed by atoms with Gasteiger partial charge in [0.05, 0.1) is 12.1 Å². The predicted molar refractivity (Wildman–Crippen MR) is 74.1 cm³/mol. The molecule has 0 aliphatic rings. The van der Waals surface area contributed by atoms with Gasteiger partial charge < -0.3 is 4.52 Å². The van der Waals surface area contributed by atoms with Crippen molar-refractivity contribution in [1.82, 2.24) is 5.16 Å². The Labute approximate surface area is 112 Å². The van der Waals surface area contributed by atoms with E-state index in [2.05, 4.69) is 36.5 Å². The smallest absolute Gasteiger partial charge is 0.231 e. The van der Waals surface area contributed by atoms with E-state index in [-0.39, 0.29) is 5.91 Å². The molecule has 0 unspecified atom stereocenters. The lowest BCUT2D eigenvalue weighted by molar-refractivity contribution is -0.115. The number of hydrogen-bond donors (Lipinski definition) is 1. The lowest BCUT2D eigenvalue weighted by Gasteiger charge is -2.06. The Morgan fingerprint density at radius 2 is 2.00 bits per heavy atom. The first-order valence-electron chi connectivity index (χ1n) is 6.36. The average molecular weight is 258 g/mol. The first kappa shape index (κ1) is 13.3. The normalized spacial score (nSPS) is 10.7. The van der Waals surface area contributed by atoms with Gasteiger partial charge in [0.15, 0.2) is 0 Å². The third kappa shape index (κ3) is 3.68. The van der Waals surface area contributed by atoms with Gasteiger partial charge in [0.2, 0.25) is 11.8 Å². The van der Waals surface area contributed by atoms with Crippen molar-refractivity contribution in [3.8, 4) is 0 Å². The van der Waals surface area contributed by atoms with Crippen LogP contribution in [0.1, 0.15) is 36.6 Å². The van der Waals surface area contributed by atoms with Crippen LogP contribution in [0.3, 0.4) is 0 Å². The lowest BCUT2D eigenvalue weighted by Crippen LogP contribution is -2.13. The minimum absolute atomic E-state index is 0.103. The van der Waals surface area contributed by atoms with Crippen molar-refractivity contribution in [1.29, 1.82) is 0 Å². The summed E-state index contributed by atoms with van der Waals surface area (Å²) in [7, 11) is 0. The van der Waals surface area contributed by atoms with Crippen LogP contribution in [0.2, 0.25) is 0 Å². The van der Waals surface area contributed by atoms with Crippen molar-refractivity contribution in [3.05, 3.63) is 47.2 Å². The van der Waals surface area contributed by atoms with Gasteiger partial charge in [-0.1, -0.05) is 43.3 Å². The zero-order valence-corrected chi connectivity index (χ0v) is 11.4. The molecule has 0 fully saturated rings. The number of aryl methyl sites for hydroxylation is 1. The molecule has 0 radical (unpaired) electrons. The number of rotatable bonds is 4. The van der Waals surface area contributed by atoms with E-state index in [4.69, 9.17) is 4.52 Å². The summed E-state index contributed by atoms with van der Waals surface area (Å²) in [6.07, 6.45) is 0.331. The summed E-state index contributed by atoms with van der Waals surface area (Å²) in [5, 5.41) is 6.40. The Kier molecular flexibility index (Phi) is 4.00. The van der Waals surface area contributed by atoms with E-state index in [0.717, 1.165) is 11.3 Å². The molecular weight excluding hydrogens is 240 g/mol. The lowest BCUT2D eigenvalue weighted by atomic mass is 10.0. The largest absolute Gasteiger partial charge is 0.338 e. The number of carbonyl (C=O) groups is 1. The molecule has 0 atom stereocenters. The molecule has 100 valence electrons. The molecule has 0 bridgehead atoms. The zero-order valence-electron chi connectivity index (χ0n) is 11.4. The molecular formula is C15H18N2O2. The topological polar surface area (TPSA) is 55.1 Å². The van der Waals surface area contributed by atoms with E-state index in [9.17, 15) is 4.79 Å². The standard InChI is InChI=1S/C15H18N2O2/c1-10(2)13-6-4-12(5-7-13)9-14(18)16-15-8-11(3)17-19-15/h4-8,10H,9H2,1-3H3,(H,16,18). The molecule has 19 heavy (non-hydrogen) atoms. The highest BCUT2D eigenvalue weighted by molar-refractivity contribution is 5.90. The van der Waals surface area contributed by atoms with E-state index < -0.39 is 0 Å². The molecule has 2 rings (SSSR count). The summed E-state index contributed by atoms with van der Waals surface area (Å²) in [4.78, 5) is 11.8. The molecule has 1 N–H and O–H groups in total. The van der Waals surface area contributed by atoms with Crippen LogP contribution in [-0.4, -0.2) is 11.1 Å². The quantitative estimate of drug-likeness (QED) is 0.915. The average Bonchev–Trinajstić information content (AvgIpc) is 2.75. The molecule has 1 heterocycles. The molecule has 2 aromatic rings. The Hall–Kier alpha value is -2.10. The molecule has 0 saturated carbocycles. The summed E-state index contributed by atoms with van der Waals surface area (Å²) >= 11 is 0. The highest BCUT2D eigenvalue weighted by Crippen LogP contribution is 2.15. The minimum atomic E-state index is -0.103. The fourth-order valence-corrected chi connectivity index (χ4v) is 1.81. The molecule has 1 aromatic carbocycles. The van der Waals surface area contributed by atoms with Crippen LogP contribution in [0, 0.1) is 6.92 Å². The maximum atomic E-state index is 11.8. The van der Waals surface area contributed by atoms with Crippen molar-refractivity contribution in [2.24, 2.45) is 0 Å². The second-order valence-corrected chi connectivity index (χ2v) is 4.95. The highest BCUT2D eigenvalue weighted by atomic mass is 16.5. The number of amides is 1. The molecule has 4 heteroatoms. The summed E-state index contributed by atoms with van der Waals surface area (Å²) in [6, 6.07) is 9.79. The van der Waals surface area contributed by atoms with E-state index >= 15 is 0 Å². The van der Waals surface area contributed by atoms with E-state index in [1.807, 2.05) is 19.1 Å². The van der Waals surface area contributed by atoms with E-state index in [1.165, 1.54) is 5.56 Å². The van der Waals surface area contributed by atoms with Gasteiger partial charge in [0.25, 0.3) is 0 Å². The fourth-order valence-electron chi connectivity index (χ4n) is 1.81. The van der Waals surface area contributed by atoms with Crippen molar-refractivity contribution in [3.63, 3.8) is 0 Å². The van der Waals surface area contributed by atoms with Gasteiger partial charge in [0, 0.05) is 6.07 Å². The Bertz CT molecular complexity index is 556.